The Balaban J connectivity index is 2.09. The van der Waals surface area contributed by atoms with Crippen molar-refractivity contribution in [3.8, 4) is 5.75 Å². The van der Waals surface area contributed by atoms with Crippen molar-refractivity contribution in [3.05, 3.63) is 59.9 Å². The molecule has 1 aliphatic rings. The maximum atomic E-state index is 11.4. The van der Waals surface area contributed by atoms with Gasteiger partial charge in [-0.15, -0.1) is 0 Å². The smallest absolute Gasteiger partial charge is 0.338 e. The number of benzene rings is 1. The van der Waals surface area contributed by atoms with E-state index in [2.05, 4.69) is 6.58 Å². The number of hydrogen-bond acceptors (Lipinski definition) is 3. The third-order valence-electron chi connectivity index (χ3n) is 2.92. The van der Waals surface area contributed by atoms with Crippen molar-refractivity contribution in [1.82, 2.24) is 0 Å². The third-order valence-corrected chi connectivity index (χ3v) is 2.92. The van der Waals surface area contributed by atoms with Crippen LogP contribution in [0.15, 0.2) is 54.3 Å². The lowest BCUT2D eigenvalue weighted by atomic mass is 9.96. The van der Waals surface area contributed by atoms with Gasteiger partial charge in [-0.2, -0.15) is 0 Å². The van der Waals surface area contributed by atoms with Crippen LogP contribution in [-0.4, -0.2) is 11.1 Å². The fraction of sp³-hybridized carbons (Fsp3) is 0.188. The first-order valence-corrected chi connectivity index (χ1v) is 6.13. The topological polar surface area (TPSA) is 46.5 Å². The average Bonchev–Trinajstić information content (AvgIpc) is 2.40. The third kappa shape index (κ3) is 3.35. The van der Waals surface area contributed by atoms with Crippen molar-refractivity contribution in [3.63, 3.8) is 0 Å². The fourth-order valence-electron chi connectivity index (χ4n) is 1.83. The van der Waals surface area contributed by atoms with Crippen LogP contribution in [0.2, 0.25) is 0 Å². The van der Waals surface area contributed by atoms with Crippen LogP contribution in [0.3, 0.4) is 0 Å². The van der Waals surface area contributed by atoms with Gasteiger partial charge in [0.25, 0.3) is 0 Å². The van der Waals surface area contributed by atoms with E-state index in [1.54, 1.807) is 19.1 Å². The Labute approximate surface area is 112 Å². The van der Waals surface area contributed by atoms with E-state index in [4.69, 9.17) is 4.74 Å². The summed E-state index contributed by atoms with van der Waals surface area (Å²) in [6, 6.07) is 7.08. The maximum absolute atomic E-state index is 11.4. The summed E-state index contributed by atoms with van der Waals surface area (Å²) in [5, 5.41) is 9.25. The van der Waals surface area contributed by atoms with E-state index in [9.17, 15) is 9.90 Å². The molecule has 0 radical (unpaired) electrons. The summed E-state index contributed by atoms with van der Waals surface area (Å²) in [6.45, 7) is 5.18. The second-order valence-electron chi connectivity index (χ2n) is 4.54. The Kier molecular flexibility index (Phi) is 3.85. The van der Waals surface area contributed by atoms with E-state index in [0.29, 0.717) is 17.8 Å². The molecule has 0 aliphatic heterocycles. The summed E-state index contributed by atoms with van der Waals surface area (Å²) in [6.07, 6.45) is 5.25. The second-order valence-corrected chi connectivity index (χ2v) is 4.54. The summed E-state index contributed by atoms with van der Waals surface area (Å²) >= 11 is 0. The van der Waals surface area contributed by atoms with Gasteiger partial charge in [-0.05, 0) is 42.7 Å². The number of phenolic OH excluding ortho intramolecular Hbond substituents is 1. The second kappa shape index (κ2) is 5.57. The van der Waals surface area contributed by atoms with Gasteiger partial charge in [0.2, 0.25) is 0 Å². The zero-order valence-electron chi connectivity index (χ0n) is 10.8. The Morgan fingerprint density at radius 1 is 1.21 bits per heavy atom. The highest BCUT2D eigenvalue weighted by atomic mass is 16.5. The van der Waals surface area contributed by atoms with Crippen LogP contribution >= 0.6 is 0 Å². The van der Waals surface area contributed by atoms with Gasteiger partial charge < -0.3 is 9.84 Å². The molecular formula is C16H16O3. The summed E-state index contributed by atoms with van der Waals surface area (Å²) in [7, 11) is 0. The summed E-state index contributed by atoms with van der Waals surface area (Å²) in [4.78, 5) is 11.4. The predicted octanol–water partition coefficient (Wildman–Crippen LogP) is 3.57. The predicted molar refractivity (Wildman–Crippen MR) is 74.3 cm³/mol. The first-order valence-electron chi connectivity index (χ1n) is 6.13. The molecular weight excluding hydrogens is 240 g/mol. The summed E-state index contributed by atoms with van der Waals surface area (Å²) < 4.78 is 5.19. The molecule has 0 unspecified atom stereocenters. The molecule has 0 fully saturated rings. The van der Waals surface area contributed by atoms with Gasteiger partial charge in [0.15, 0.2) is 0 Å². The van der Waals surface area contributed by atoms with Crippen LogP contribution in [0.4, 0.5) is 0 Å². The lowest BCUT2D eigenvalue weighted by Crippen LogP contribution is -2.06. The lowest BCUT2D eigenvalue weighted by Gasteiger charge is -2.15. The molecule has 0 saturated carbocycles. The Hall–Kier alpha value is -2.29. The van der Waals surface area contributed by atoms with E-state index in [1.807, 2.05) is 24.3 Å². The van der Waals surface area contributed by atoms with Crippen LogP contribution in [0.5, 0.6) is 5.75 Å². The number of hydrogen-bond donors (Lipinski definition) is 1. The number of rotatable bonds is 3. The van der Waals surface area contributed by atoms with Crippen molar-refractivity contribution >= 4 is 11.5 Å². The van der Waals surface area contributed by atoms with Crippen LogP contribution < -0.4 is 0 Å². The molecule has 3 heteroatoms. The van der Waals surface area contributed by atoms with Gasteiger partial charge in [0.05, 0.1) is 0 Å². The van der Waals surface area contributed by atoms with Crippen molar-refractivity contribution in [1.29, 1.82) is 0 Å². The molecule has 1 aromatic rings. The Morgan fingerprint density at radius 2 is 1.89 bits per heavy atom. The molecule has 0 aromatic heterocycles. The van der Waals surface area contributed by atoms with Gasteiger partial charge in [-0.25, -0.2) is 4.79 Å². The normalized spacial score (nSPS) is 14.4. The minimum Gasteiger partial charge on any atom is -0.508 e. The molecule has 1 N–H and O–H groups in total. The Bertz CT molecular complexity index is 562. The van der Waals surface area contributed by atoms with E-state index < -0.39 is 0 Å². The van der Waals surface area contributed by atoms with Gasteiger partial charge in [-0.3, -0.25) is 0 Å². The molecule has 0 atom stereocenters. The number of aromatic hydroxyl groups is 1. The minimum atomic E-state index is -0.382. The molecule has 1 aromatic carbocycles. The first-order chi connectivity index (χ1) is 9.06. The zero-order valence-corrected chi connectivity index (χ0v) is 10.8. The van der Waals surface area contributed by atoms with Crippen molar-refractivity contribution in [2.75, 3.05) is 0 Å². The van der Waals surface area contributed by atoms with Gasteiger partial charge in [-0.1, -0.05) is 24.8 Å². The highest BCUT2D eigenvalue weighted by Gasteiger charge is 2.12. The number of phenols is 1. The average molecular weight is 256 g/mol. The molecule has 0 bridgehead atoms. The number of ether oxygens (including phenoxy) is 1. The quantitative estimate of drug-likeness (QED) is 0.664. The Morgan fingerprint density at radius 3 is 2.42 bits per heavy atom. The molecule has 0 spiro atoms. The van der Waals surface area contributed by atoms with Crippen molar-refractivity contribution in [2.45, 2.75) is 19.8 Å². The van der Waals surface area contributed by atoms with Crippen molar-refractivity contribution < 1.29 is 14.6 Å². The zero-order chi connectivity index (χ0) is 13.8. The van der Waals surface area contributed by atoms with Crippen molar-refractivity contribution in [2.24, 2.45) is 0 Å². The van der Waals surface area contributed by atoms with Crippen LogP contribution in [-0.2, 0) is 9.53 Å². The molecule has 3 nitrogen and oxygen atoms in total. The van der Waals surface area contributed by atoms with Crippen LogP contribution in [0, 0.1) is 0 Å². The summed E-state index contributed by atoms with van der Waals surface area (Å²) in [5.74, 6) is 0.537. The SMILES string of the molecule is C=C(C)C(=O)OC1=CC=C(c2ccc(O)cc2)CC1. The van der Waals surface area contributed by atoms with E-state index in [-0.39, 0.29) is 11.7 Å². The van der Waals surface area contributed by atoms with E-state index in [0.717, 1.165) is 17.6 Å². The van der Waals surface area contributed by atoms with Gasteiger partial charge in [0.1, 0.15) is 11.5 Å². The number of allylic oxidation sites excluding steroid dienone is 4. The van der Waals surface area contributed by atoms with Gasteiger partial charge >= 0.3 is 5.97 Å². The fourth-order valence-corrected chi connectivity index (χ4v) is 1.83. The molecule has 1 aliphatic carbocycles. The van der Waals surface area contributed by atoms with E-state index in [1.165, 1.54) is 0 Å². The highest BCUT2D eigenvalue weighted by Crippen LogP contribution is 2.28. The minimum absolute atomic E-state index is 0.256. The molecule has 2 rings (SSSR count). The molecule has 19 heavy (non-hydrogen) atoms. The monoisotopic (exact) mass is 256 g/mol. The number of carbonyl (C=O) groups excluding carboxylic acids is 1. The molecule has 0 heterocycles. The number of esters is 1. The standard InChI is InChI=1S/C16H16O3/c1-11(2)16(18)19-15-9-5-13(6-10-15)12-3-7-14(17)8-4-12/h3-5,7-9,17H,1,6,10H2,2H3. The molecule has 98 valence electrons. The molecule has 0 saturated heterocycles. The highest BCUT2D eigenvalue weighted by molar-refractivity contribution is 5.87. The maximum Gasteiger partial charge on any atom is 0.338 e. The molecule has 0 amide bonds. The number of carbonyl (C=O) groups is 1. The van der Waals surface area contributed by atoms with Gasteiger partial charge in [0, 0.05) is 12.0 Å². The van der Waals surface area contributed by atoms with E-state index >= 15 is 0 Å². The van der Waals surface area contributed by atoms with Crippen LogP contribution in [0.25, 0.3) is 5.57 Å². The lowest BCUT2D eigenvalue weighted by molar-refractivity contribution is -0.135. The van der Waals surface area contributed by atoms with Crippen LogP contribution in [0.1, 0.15) is 25.3 Å². The largest absolute Gasteiger partial charge is 0.508 e. The summed E-state index contributed by atoms with van der Waals surface area (Å²) in [5.41, 5.74) is 2.63. The first kappa shape index (κ1) is 13.1.